The standard InChI is InChI=1S/C19H19ClN4O3S/c1-22(2)10-5-11-23-18(25)14-6-3-4-7-16(14)21-19(23)28-17-9-8-13(24(26)27)12-15(17)20/h3-4,6-9,12H,5,10-11H2,1-2H3. The molecule has 3 rings (SSSR count). The summed E-state index contributed by atoms with van der Waals surface area (Å²) in [5.74, 6) is 0. The second-order valence-corrected chi connectivity index (χ2v) is 7.92. The van der Waals surface area contributed by atoms with Crippen molar-refractivity contribution in [3.8, 4) is 0 Å². The number of non-ortho nitro benzene ring substituents is 1. The number of hydrogen-bond acceptors (Lipinski definition) is 6. The van der Waals surface area contributed by atoms with Gasteiger partial charge in [0.15, 0.2) is 5.16 Å². The molecule has 0 radical (unpaired) electrons. The van der Waals surface area contributed by atoms with E-state index in [9.17, 15) is 14.9 Å². The zero-order chi connectivity index (χ0) is 20.3. The predicted molar refractivity (Wildman–Crippen MR) is 111 cm³/mol. The molecule has 0 atom stereocenters. The SMILES string of the molecule is CN(C)CCCn1c(Sc2ccc([N+](=O)[O-])cc2Cl)nc2ccccc2c1=O. The summed E-state index contributed by atoms with van der Waals surface area (Å²) < 4.78 is 1.65. The van der Waals surface area contributed by atoms with Gasteiger partial charge < -0.3 is 4.90 Å². The van der Waals surface area contributed by atoms with Gasteiger partial charge in [-0.3, -0.25) is 19.5 Å². The second kappa shape index (κ2) is 8.72. The zero-order valence-corrected chi connectivity index (χ0v) is 17.0. The molecule has 0 saturated carbocycles. The van der Waals surface area contributed by atoms with E-state index in [2.05, 4.69) is 9.88 Å². The molecule has 146 valence electrons. The summed E-state index contributed by atoms with van der Waals surface area (Å²) in [6.45, 7) is 1.35. The van der Waals surface area contributed by atoms with E-state index in [0.29, 0.717) is 27.5 Å². The highest BCUT2D eigenvalue weighted by Crippen LogP contribution is 2.34. The lowest BCUT2D eigenvalue weighted by Crippen LogP contribution is -2.25. The van der Waals surface area contributed by atoms with Gasteiger partial charge >= 0.3 is 0 Å². The number of nitrogens with zero attached hydrogens (tertiary/aromatic N) is 4. The fraction of sp³-hybridized carbons (Fsp3) is 0.263. The van der Waals surface area contributed by atoms with E-state index < -0.39 is 4.92 Å². The normalized spacial score (nSPS) is 11.3. The Morgan fingerprint density at radius 2 is 2.00 bits per heavy atom. The average Bonchev–Trinajstić information content (AvgIpc) is 2.65. The predicted octanol–water partition coefficient (Wildman–Crippen LogP) is 4.06. The van der Waals surface area contributed by atoms with Gasteiger partial charge in [0.1, 0.15) is 0 Å². The summed E-state index contributed by atoms with van der Waals surface area (Å²) in [5.41, 5.74) is 0.422. The van der Waals surface area contributed by atoms with E-state index >= 15 is 0 Å². The summed E-state index contributed by atoms with van der Waals surface area (Å²) in [6, 6.07) is 11.5. The van der Waals surface area contributed by atoms with Crippen LogP contribution in [0.1, 0.15) is 6.42 Å². The van der Waals surface area contributed by atoms with Gasteiger partial charge in [-0.2, -0.15) is 0 Å². The van der Waals surface area contributed by atoms with Crippen LogP contribution in [0.25, 0.3) is 10.9 Å². The lowest BCUT2D eigenvalue weighted by Gasteiger charge is -2.15. The Morgan fingerprint density at radius 1 is 1.25 bits per heavy atom. The van der Waals surface area contributed by atoms with Crippen LogP contribution in [0.3, 0.4) is 0 Å². The quantitative estimate of drug-likeness (QED) is 0.327. The van der Waals surface area contributed by atoms with Crippen molar-refractivity contribution in [2.45, 2.75) is 23.0 Å². The molecule has 0 fully saturated rings. The summed E-state index contributed by atoms with van der Waals surface area (Å²) in [6.07, 6.45) is 0.786. The summed E-state index contributed by atoms with van der Waals surface area (Å²) >= 11 is 7.47. The summed E-state index contributed by atoms with van der Waals surface area (Å²) in [4.78, 5) is 30.8. The number of fused-ring (bicyclic) bond motifs is 1. The minimum atomic E-state index is -0.494. The average molecular weight is 419 g/mol. The van der Waals surface area contributed by atoms with Crippen LogP contribution < -0.4 is 5.56 Å². The Kier molecular flexibility index (Phi) is 6.33. The number of benzene rings is 2. The van der Waals surface area contributed by atoms with Crippen molar-refractivity contribution in [2.24, 2.45) is 0 Å². The molecule has 7 nitrogen and oxygen atoms in total. The van der Waals surface area contributed by atoms with Crippen LogP contribution in [0.2, 0.25) is 5.02 Å². The maximum Gasteiger partial charge on any atom is 0.270 e. The number of halogens is 1. The first-order valence-electron chi connectivity index (χ1n) is 8.63. The molecule has 9 heteroatoms. The fourth-order valence-corrected chi connectivity index (χ4v) is 3.96. The van der Waals surface area contributed by atoms with E-state index in [1.165, 1.54) is 23.9 Å². The maximum absolute atomic E-state index is 13.0. The molecule has 0 saturated heterocycles. The van der Waals surface area contributed by atoms with Gasteiger partial charge in [-0.05, 0) is 57.0 Å². The number of nitro groups is 1. The van der Waals surface area contributed by atoms with Crippen molar-refractivity contribution >= 4 is 40.0 Å². The summed E-state index contributed by atoms with van der Waals surface area (Å²) in [7, 11) is 3.96. The number of nitro benzene ring substituents is 1. The van der Waals surface area contributed by atoms with E-state index in [4.69, 9.17) is 11.6 Å². The third-order valence-electron chi connectivity index (χ3n) is 4.14. The Hall–Kier alpha value is -2.42. The Labute approximate surface area is 171 Å². The molecule has 0 aliphatic heterocycles. The largest absolute Gasteiger partial charge is 0.309 e. The third-order valence-corrected chi connectivity index (χ3v) is 5.64. The Balaban J connectivity index is 2.03. The van der Waals surface area contributed by atoms with Gasteiger partial charge in [-0.15, -0.1) is 0 Å². The van der Waals surface area contributed by atoms with Crippen molar-refractivity contribution < 1.29 is 4.92 Å². The molecule has 0 spiro atoms. The molecule has 0 aliphatic rings. The molecule has 0 N–H and O–H groups in total. The number of rotatable bonds is 7. The van der Waals surface area contributed by atoms with Gasteiger partial charge in [0.25, 0.3) is 11.2 Å². The first-order valence-corrected chi connectivity index (χ1v) is 9.82. The van der Waals surface area contributed by atoms with E-state index in [1.807, 2.05) is 26.2 Å². The van der Waals surface area contributed by atoms with Crippen LogP contribution in [-0.4, -0.2) is 40.0 Å². The minimum absolute atomic E-state index is 0.0794. The van der Waals surface area contributed by atoms with Gasteiger partial charge in [0.05, 0.1) is 20.8 Å². The third kappa shape index (κ3) is 4.52. The van der Waals surface area contributed by atoms with Crippen molar-refractivity contribution in [3.63, 3.8) is 0 Å². The summed E-state index contributed by atoms with van der Waals surface area (Å²) in [5, 5.41) is 12.2. The van der Waals surface area contributed by atoms with Crippen LogP contribution in [0, 0.1) is 10.1 Å². The molecule has 2 aromatic carbocycles. The monoisotopic (exact) mass is 418 g/mol. The lowest BCUT2D eigenvalue weighted by molar-refractivity contribution is -0.384. The number of hydrogen-bond donors (Lipinski definition) is 0. The van der Waals surface area contributed by atoms with Gasteiger partial charge in [0, 0.05) is 23.6 Å². The van der Waals surface area contributed by atoms with Crippen LogP contribution in [-0.2, 0) is 6.54 Å². The Bertz CT molecular complexity index is 1080. The van der Waals surface area contributed by atoms with Crippen molar-refractivity contribution in [2.75, 3.05) is 20.6 Å². The van der Waals surface area contributed by atoms with Crippen LogP contribution in [0.5, 0.6) is 0 Å². The number of para-hydroxylation sites is 1. The second-order valence-electron chi connectivity index (χ2n) is 6.50. The highest BCUT2D eigenvalue weighted by molar-refractivity contribution is 7.99. The van der Waals surface area contributed by atoms with E-state index in [0.717, 1.165) is 13.0 Å². The molecule has 0 bridgehead atoms. The molecule has 0 amide bonds. The fourth-order valence-electron chi connectivity index (χ4n) is 2.75. The van der Waals surface area contributed by atoms with E-state index in [-0.39, 0.29) is 16.3 Å². The molecular formula is C19H19ClN4O3S. The maximum atomic E-state index is 13.0. The number of aromatic nitrogens is 2. The molecular weight excluding hydrogens is 400 g/mol. The first-order chi connectivity index (χ1) is 13.4. The highest BCUT2D eigenvalue weighted by Gasteiger charge is 2.16. The molecule has 3 aromatic rings. The van der Waals surface area contributed by atoms with Crippen molar-refractivity contribution in [1.82, 2.24) is 14.5 Å². The highest BCUT2D eigenvalue weighted by atomic mass is 35.5. The Morgan fingerprint density at radius 3 is 2.68 bits per heavy atom. The first kappa shape index (κ1) is 20.3. The topological polar surface area (TPSA) is 81.3 Å². The molecule has 28 heavy (non-hydrogen) atoms. The van der Waals surface area contributed by atoms with Crippen LogP contribution >= 0.6 is 23.4 Å². The zero-order valence-electron chi connectivity index (χ0n) is 15.5. The molecule has 0 unspecified atom stereocenters. The van der Waals surface area contributed by atoms with Crippen LogP contribution in [0.4, 0.5) is 5.69 Å². The van der Waals surface area contributed by atoms with Crippen molar-refractivity contribution in [1.29, 1.82) is 0 Å². The smallest absolute Gasteiger partial charge is 0.270 e. The molecule has 1 heterocycles. The van der Waals surface area contributed by atoms with Gasteiger partial charge in [0.2, 0.25) is 0 Å². The van der Waals surface area contributed by atoms with Gasteiger partial charge in [-0.25, -0.2) is 4.98 Å². The molecule has 0 aliphatic carbocycles. The molecule has 1 aromatic heterocycles. The lowest BCUT2D eigenvalue weighted by atomic mass is 10.2. The van der Waals surface area contributed by atoms with E-state index in [1.54, 1.807) is 22.8 Å². The van der Waals surface area contributed by atoms with Gasteiger partial charge in [-0.1, -0.05) is 23.7 Å². The minimum Gasteiger partial charge on any atom is -0.309 e. The van der Waals surface area contributed by atoms with Crippen molar-refractivity contribution in [3.05, 3.63) is 68.0 Å². The van der Waals surface area contributed by atoms with Crippen LogP contribution in [0.15, 0.2) is 57.3 Å².